The van der Waals surface area contributed by atoms with Crippen LogP contribution in [-0.2, 0) is 19.9 Å². The van der Waals surface area contributed by atoms with E-state index in [4.69, 9.17) is 5.73 Å². The molecule has 2 aromatic heterocycles. The van der Waals surface area contributed by atoms with Crippen LogP contribution >= 0.6 is 0 Å². The number of fused-ring (bicyclic) bond motifs is 1. The molecule has 0 amide bonds. The van der Waals surface area contributed by atoms with Crippen molar-refractivity contribution in [3.8, 4) is 0 Å². The topological polar surface area (TPSA) is 59.6 Å². The lowest BCUT2D eigenvalue weighted by Crippen LogP contribution is -2.02. The summed E-state index contributed by atoms with van der Waals surface area (Å²) in [5.41, 5.74) is 9.42. The molecule has 3 N–H and O–H groups in total. The summed E-state index contributed by atoms with van der Waals surface area (Å²) < 4.78 is 1.94. The second-order valence-corrected chi connectivity index (χ2v) is 4.53. The summed E-state index contributed by atoms with van der Waals surface area (Å²) in [5, 5.41) is 1.30. The minimum atomic E-state index is 0.573. The number of hydrogen-bond donors (Lipinski definition) is 2. The van der Waals surface area contributed by atoms with E-state index in [-0.39, 0.29) is 0 Å². The van der Waals surface area contributed by atoms with Gasteiger partial charge in [-0.15, -0.1) is 0 Å². The number of nitrogen functional groups attached to an aromatic ring is 1. The fraction of sp³-hybridized carbons (Fsp3) is 0.214. The average molecular weight is 240 g/mol. The minimum Gasteiger partial charge on any atom is -0.369 e. The molecule has 0 unspecified atom stereocenters. The van der Waals surface area contributed by atoms with E-state index in [1.165, 1.54) is 16.5 Å². The van der Waals surface area contributed by atoms with E-state index in [0.717, 1.165) is 18.5 Å². The van der Waals surface area contributed by atoms with Gasteiger partial charge in [0.25, 0.3) is 0 Å². The van der Waals surface area contributed by atoms with Crippen LogP contribution in [0.5, 0.6) is 0 Å². The summed E-state index contributed by atoms with van der Waals surface area (Å²) in [6.07, 6.45) is 5.88. The highest BCUT2D eigenvalue weighted by Crippen LogP contribution is 2.19. The zero-order valence-electron chi connectivity index (χ0n) is 10.4. The lowest BCUT2D eigenvalue weighted by atomic mass is 10.1. The number of anilines is 1. The summed E-state index contributed by atoms with van der Waals surface area (Å²) >= 11 is 0. The van der Waals surface area contributed by atoms with E-state index < -0.39 is 0 Å². The van der Waals surface area contributed by atoms with Crippen molar-refractivity contribution in [2.45, 2.75) is 12.8 Å². The summed E-state index contributed by atoms with van der Waals surface area (Å²) in [7, 11) is 1.95. The molecule has 3 rings (SSSR count). The number of aromatic amines is 1. The standard InChI is InChI=1S/C14H16N4/c1-18-11(9-17-14(18)15)7-6-10-8-16-13-5-3-2-4-12(10)13/h2-5,8-9,16H,6-7H2,1H3,(H2,15,17). The zero-order valence-corrected chi connectivity index (χ0v) is 10.4. The number of H-pyrrole nitrogens is 1. The van der Waals surface area contributed by atoms with E-state index in [9.17, 15) is 0 Å². The molecule has 92 valence electrons. The largest absolute Gasteiger partial charge is 0.369 e. The Morgan fingerprint density at radius 1 is 1.28 bits per heavy atom. The Kier molecular flexibility index (Phi) is 2.55. The molecule has 1 aromatic carbocycles. The molecule has 0 atom stereocenters. The first kappa shape index (κ1) is 10.9. The lowest BCUT2D eigenvalue weighted by molar-refractivity contribution is 0.809. The van der Waals surface area contributed by atoms with Gasteiger partial charge in [0.15, 0.2) is 5.95 Å². The molecule has 4 heteroatoms. The summed E-state index contributed by atoms with van der Waals surface area (Å²) in [6.45, 7) is 0. The Hall–Kier alpha value is -2.23. The number of nitrogens with one attached hydrogen (secondary N) is 1. The number of nitrogens with two attached hydrogens (primary N) is 1. The van der Waals surface area contributed by atoms with Crippen LogP contribution in [0.3, 0.4) is 0 Å². The molecule has 0 saturated heterocycles. The fourth-order valence-corrected chi connectivity index (χ4v) is 2.29. The smallest absolute Gasteiger partial charge is 0.200 e. The van der Waals surface area contributed by atoms with Crippen LogP contribution in [0.1, 0.15) is 11.3 Å². The number of para-hydroxylation sites is 1. The maximum Gasteiger partial charge on any atom is 0.200 e. The average Bonchev–Trinajstić information content (AvgIpc) is 2.94. The van der Waals surface area contributed by atoms with Crippen molar-refractivity contribution in [2.75, 3.05) is 5.73 Å². The SMILES string of the molecule is Cn1c(CCc2c[nH]c3ccccc23)cnc1N. The molecule has 0 aliphatic heterocycles. The molecule has 0 aliphatic carbocycles. The van der Waals surface area contributed by atoms with Crippen LogP contribution in [-0.4, -0.2) is 14.5 Å². The van der Waals surface area contributed by atoms with Gasteiger partial charge in [-0.25, -0.2) is 4.98 Å². The molecule has 0 bridgehead atoms. The van der Waals surface area contributed by atoms with Crippen LogP contribution in [0.4, 0.5) is 5.95 Å². The van der Waals surface area contributed by atoms with Crippen molar-refractivity contribution in [3.05, 3.63) is 47.9 Å². The predicted octanol–water partition coefficient (Wildman–Crippen LogP) is 2.27. The van der Waals surface area contributed by atoms with E-state index >= 15 is 0 Å². The number of aromatic nitrogens is 3. The molecular formula is C14H16N4. The van der Waals surface area contributed by atoms with Crippen LogP contribution in [0.15, 0.2) is 36.7 Å². The Morgan fingerprint density at radius 3 is 2.89 bits per heavy atom. The predicted molar refractivity (Wildman–Crippen MR) is 73.3 cm³/mol. The number of rotatable bonds is 3. The van der Waals surface area contributed by atoms with Gasteiger partial charge < -0.3 is 15.3 Å². The summed E-state index contributed by atoms with van der Waals surface area (Å²) in [6, 6.07) is 8.37. The quantitative estimate of drug-likeness (QED) is 0.737. The van der Waals surface area contributed by atoms with Gasteiger partial charge in [-0.3, -0.25) is 0 Å². The number of benzene rings is 1. The number of imidazole rings is 1. The third-order valence-corrected chi connectivity index (χ3v) is 3.45. The van der Waals surface area contributed by atoms with Crippen molar-refractivity contribution < 1.29 is 0 Å². The third-order valence-electron chi connectivity index (χ3n) is 3.45. The van der Waals surface area contributed by atoms with Gasteiger partial charge in [0, 0.05) is 29.8 Å². The first-order valence-electron chi connectivity index (χ1n) is 6.07. The maximum atomic E-state index is 5.73. The molecule has 3 aromatic rings. The van der Waals surface area contributed by atoms with Gasteiger partial charge in [0.2, 0.25) is 0 Å². The third kappa shape index (κ3) is 1.76. The Morgan fingerprint density at radius 2 is 2.11 bits per heavy atom. The molecule has 4 nitrogen and oxygen atoms in total. The number of aryl methyl sites for hydroxylation is 2. The molecule has 2 heterocycles. The Labute approximate surface area is 105 Å². The van der Waals surface area contributed by atoms with Gasteiger partial charge in [0.05, 0.1) is 6.20 Å². The Bertz CT molecular complexity index is 678. The van der Waals surface area contributed by atoms with Gasteiger partial charge in [-0.05, 0) is 24.5 Å². The van der Waals surface area contributed by atoms with Crippen molar-refractivity contribution in [1.29, 1.82) is 0 Å². The van der Waals surface area contributed by atoms with Gasteiger partial charge in [-0.2, -0.15) is 0 Å². The van der Waals surface area contributed by atoms with Gasteiger partial charge >= 0.3 is 0 Å². The number of nitrogens with zero attached hydrogens (tertiary/aromatic N) is 2. The molecule has 0 saturated carbocycles. The molecule has 0 radical (unpaired) electrons. The second-order valence-electron chi connectivity index (χ2n) is 4.53. The minimum absolute atomic E-state index is 0.573. The Balaban J connectivity index is 1.83. The van der Waals surface area contributed by atoms with Crippen molar-refractivity contribution in [3.63, 3.8) is 0 Å². The highest BCUT2D eigenvalue weighted by atomic mass is 15.1. The fourth-order valence-electron chi connectivity index (χ4n) is 2.29. The van der Waals surface area contributed by atoms with E-state index in [1.54, 1.807) is 0 Å². The molecular weight excluding hydrogens is 224 g/mol. The first-order valence-corrected chi connectivity index (χ1v) is 6.07. The molecule has 0 spiro atoms. The lowest BCUT2D eigenvalue weighted by Gasteiger charge is -2.02. The van der Waals surface area contributed by atoms with Gasteiger partial charge in [0.1, 0.15) is 0 Å². The summed E-state index contributed by atoms with van der Waals surface area (Å²) in [4.78, 5) is 7.41. The molecule has 0 fully saturated rings. The van der Waals surface area contributed by atoms with Gasteiger partial charge in [-0.1, -0.05) is 18.2 Å². The molecule has 18 heavy (non-hydrogen) atoms. The van der Waals surface area contributed by atoms with Crippen LogP contribution in [0.2, 0.25) is 0 Å². The van der Waals surface area contributed by atoms with Crippen molar-refractivity contribution in [2.24, 2.45) is 7.05 Å². The van der Waals surface area contributed by atoms with E-state index in [1.807, 2.05) is 23.9 Å². The highest BCUT2D eigenvalue weighted by molar-refractivity contribution is 5.83. The maximum absolute atomic E-state index is 5.73. The second kappa shape index (κ2) is 4.22. The number of hydrogen-bond acceptors (Lipinski definition) is 2. The summed E-state index contributed by atoms with van der Waals surface area (Å²) in [5.74, 6) is 0.573. The van der Waals surface area contributed by atoms with Crippen LogP contribution in [0.25, 0.3) is 10.9 Å². The normalized spacial score (nSPS) is 11.2. The first-order chi connectivity index (χ1) is 8.75. The molecule has 0 aliphatic rings. The zero-order chi connectivity index (χ0) is 12.5. The van der Waals surface area contributed by atoms with Crippen molar-refractivity contribution >= 4 is 16.9 Å². The van der Waals surface area contributed by atoms with Crippen LogP contribution < -0.4 is 5.73 Å². The van der Waals surface area contributed by atoms with E-state index in [0.29, 0.717) is 5.95 Å². The van der Waals surface area contributed by atoms with E-state index in [2.05, 4.69) is 34.4 Å². The van der Waals surface area contributed by atoms with Crippen LogP contribution in [0, 0.1) is 0 Å². The highest BCUT2D eigenvalue weighted by Gasteiger charge is 2.06. The monoisotopic (exact) mass is 240 g/mol. The van der Waals surface area contributed by atoms with Crippen molar-refractivity contribution in [1.82, 2.24) is 14.5 Å².